The van der Waals surface area contributed by atoms with Crippen LogP contribution in [0.4, 0.5) is 26.3 Å². The van der Waals surface area contributed by atoms with Gasteiger partial charge in [0.2, 0.25) is 17.7 Å². The number of carbonyl (C=O) groups excluding carboxylic acids is 3. The molecule has 2 aromatic rings. The summed E-state index contributed by atoms with van der Waals surface area (Å²) in [4.78, 5) is 44.0. The van der Waals surface area contributed by atoms with Gasteiger partial charge in [-0.05, 0) is 60.1 Å². The zero-order valence-electron chi connectivity index (χ0n) is 25.8. The van der Waals surface area contributed by atoms with Crippen molar-refractivity contribution >= 4 is 17.7 Å². The highest BCUT2D eigenvalue weighted by molar-refractivity contribution is 5.82. The number of nitrogens with zero attached hydrogens (tertiary/aromatic N) is 3. The van der Waals surface area contributed by atoms with Gasteiger partial charge in [0.1, 0.15) is 0 Å². The molecule has 45 heavy (non-hydrogen) atoms. The number of benzene rings is 2. The summed E-state index contributed by atoms with van der Waals surface area (Å²) >= 11 is 0. The number of alkyl halides is 6. The molecule has 2 saturated heterocycles. The summed E-state index contributed by atoms with van der Waals surface area (Å²) in [5.41, 5.74) is -1.26. The molecule has 2 aliphatic rings. The van der Waals surface area contributed by atoms with Crippen molar-refractivity contribution in [3.05, 3.63) is 70.3 Å². The van der Waals surface area contributed by atoms with E-state index >= 15 is 0 Å². The fraction of sp³-hybridized carbons (Fsp3) is 0.545. The highest BCUT2D eigenvalue weighted by Gasteiger charge is 2.41. The molecule has 2 heterocycles. The van der Waals surface area contributed by atoms with Gasteiger partial charge in [0.25, 0.3) is 0 Å². The molecule has 0 spiro atoms. The maximum Gasteiger partial charge on any atom is 0.416 e. The number of amides is 3. The molecule has 2 aromatic carbocycles. The molecule has 2 aliphatic heterocycles. The van der Waals surface area contributed by atoms with E-state index in [0.29, 0.717) is 38.1 Å². The summed E-state index contributed by atoms with van der Waals surface area (Å²) in [6.45, 7) is 6.62. The summed E-state index contributed by atoms with van der Waals surface area (Å²) in [5.74, 6) is -1.70. The second-order valence-electron chi connectivity index (χ2n) is 12.5. The Kier molecular flexibility index (Phi) is 10.2. The van der Waals surface area contributed by atoms with Crippen LogP contribution < -0.4 is 0 Å². The predicted octanol–water partition coefficient (Wildman–Crippen LogP) is 6.70. The Morgan fingerprint density at radius 1 is 0.867 bits per heavy atom. The van der Waals surface area contributed by atoms with Crippen LogP contribution in [0.5, 0.6) is 0 Å². The molecule has 0 radical (unpaired) electrons. The van der Waals surface area contributed by atoms with Crippen LogP contribution in [0.25, 0.3) is 0 Å². The van der Waals surface area contributed by atoms with Crippen LogP contribution in [-0.4, -0.2) is 65.6 Å². The Morgan fingerprint density at radius 3 is 1.96 bits per heavy atom. The monoisotopic (exact) mass is 639 g/mol. The van der Waals surface area contributed by atoms with Crippen LogP contribution >= 0.6 is 0 Å². The number of hydrogen-bond acceptors (Lipinski definition) is 3. The number of rotatable bonds is 6. The molecular formula is C33H39F6N3O3. The maximum atomic E-state index is 13.9. The third kappa shape index (κ3) is 7.99. The van der Waals surface area contributed by atoms with Crippen molar-refractivity contribution < 1.29 is 40.7 Å². The van der Waals surface area contributed by atoms with Crippen molar-refractivity contribution in [2.75, 3.05) is 33.2 Å². The Labute approximate surface area is 259 Å². The lowest BCUT2D eigenvalue weighted by molar-refractivity contribution is -0.145. The number of piperidine rings is 2. The first kappa shape index (κ1) is 34.3. The van der Waals surface area contributed by atoms with E-state index < -0.39 is 47.8 Å². The number of carbonyl (C=O) groups is 3. The molecule has 246 valence electrons. The second-order valence-corrected chi connectivity index (χ2v) is 12.5. The van der Waals surface area contributed by atoms with Crippen molar-refractivity contribution in [3.8, 4) is 0 Å². The van der Waals surface area contributed by atoms with Gasteiger partial charge in [0, 0.05) is 64.4 Å². The lowest BCUT2D eigenvalue weighted by atomic mass is 9.76. The van der Waals surface area contributed by atoms with Gasteiger partial charge in [-0.15, -0.1) is 0 Å². The van der Waals surface area contributed by atoms with E-state index in [9.17, 15) is 40.7 Å². The van der Waals surface area contributed by atoms with Crippen molar-refractivity contribution in [3.63, 3.8) is 0 Å². The Bertz CT molecular complexity index is 1370. The minimum Gasteiger partial charge on any atom is -0.343 e. The molecular weight excluding hydrogens is 600 g/mol. The van der Waals surface area contributed by atoms with Gasteiger partial charge in [-0.3, -0.25) is 14.4 Å². The summed E-state index contributed by atoms with van der Waals surface area (Å²) in [6.07, 6.45) is -8.61. The van der Waals surface area contributed by atoms with Crippen LogP contribution in [0.15, 0.2) is 42.5 Å². The molecule has 0 bridgehead atoms. The number of likely N-dealkylation sites (tertiary alicyclic amines) is 2. The van der Waals surface area contributed by atoms with E-state index in [2.05, 4.69) is 0 Å². The minimum absolute atomic E-state index is 0.0329. The standard InChI is InChI=1S/C33H39F6N3O3/c1-20(2)26-7-5-6-8-27(26)29-19-42(30(44)23-9-12-41(13-10-23)21(3)43)14-11-28(29)31(45)40(4)18-22-15-24(32(34,35)36)17-25(16-22)33(37,38)39/h5-8,15-17,20,23,28-29H,9-14,18-19H2,1-4H3. The first-order valence-corrected chi connectivity index (χ1v) is 15.1. The minimum atomic E-state index is -4.99. The second kappa shape index (κ2) is 13.4. The zero-order chi connectivity index (χ0) is 33.3. The largest absolute Gasteiger partial charge is 0.416 e. The molecule has 0 N–H and O–H groups in total. The van der Waals surface area contributed by atoms with Crippen LogP contribution in [0.3, 0.4) is 0 Å². The number of halogens is 6. The van der Waals surface area contributed by atoms with Gasteiger partial charge in [0.15, 0.2) is 0 Å². The lowest BCUT2D eigenvalue weighted by Gasteiger charge is -2.42. The van der Waals surface area contributed by atoms with Gasteiger partial charge in [-0.25, -0.2) is 0 Å². The van der Waals surface area contributed by atoms with E-state index in [1.54, 1.807) is 9.80 Å². The Morgan fingerprint density at radius 2 is 1.42 bits per heavy atom. The van der Waals surface area contributed by atoms with E-state index in [-0.39, 0.29) is 54.8 Å². The van der Waals surface area contributed by atoms with E-state index in [1.165, 1.54) is 18.9 Å². The Balaban J connectivity index is 1.60. The average molecular weight is 640 g/mol. The van der Waals surface area contributed by atoms with Crippen LogP contribution in [0, 0.1) is 11.8 Å². The fourth-order valence-electron chi connectivity index (χ4n) is 6.58. The van der Waals surface area contributed by atoms with Gasteiger partial charge < -0.3 is 14.7 Å². The molecule has 3 amide bonds. The van der Waals surface area contributed by atoms with Crippen molar-refractivity contribution in [1.29, 1.82) is 0 Å². The van der Waals surface area contributed by atoms with Gasteiger partial charge in [-0.1, -0.05) is 38.1 Å². The molecule has 0 saturated carbocycles. The molecule has 2 atom stereocenters. The molecule has 2 fully saturated rings. The molecule has 12 heteroatoms. The smallest absolute Gasteiger partial charge is 0.343 e. The SMILES string of the molecule is CC(=O)N1CCC(C(=O)N2CCC(C(=O)N(C)Cc3cc(C(F)(F)F)cc(C(F)(F)F)c3)C(c3ccccc3C(C)C)C2)CC1. The fourth-order valence-corrected chi connectivity index (χ4v) is 6.58. The zero-order valence-corrected chi connectivity index (χ0v) is 25.8. The van der Waals surface area contributed by atoms with E-state index in [4.69, 9.17) is 0 Å². The molecule has 2 unspecified atom stereocenters. The van der Waals surface area contributed by atoms with Crippen molar-refractivity contribution in [2.24, 2.45) is 11.8 Å². The van der Waals surface area contributed by atoms with Gasteiger partial charge in [-0.2, -0.15) is 26.3 Å². The summed E-state index contributed by atoms with van der Waals surface area (Å²) in [6, 6.07) is 8.98. The molecule has 0 aromatic heterocycles. The average Bonchev–Trinajstić information content (AvgIpc) is 2.99. The van der Waals surface area contributed by atoms with Crippen LogP contribution in [0.1, 0.15) is 79.7 Å². The van der Waals surface area contributed by atoms with Crippen LogP contribution in [0.2, 0.25) is 0 Å². The topological polar surface area (TPSA) is 60.9 Å². The highest BCUT2D eigenvalue weighted by Crippen LogP contribution is 2.40. The third-order valence-corrected chi connectivity index (χ3v) is 8.99. The first-order chi connectivity index (χ1) is 21.0. The van der Waals surface area contributed by atoms with Crippen LogP contribution in [-0.2, 0) is 33.3 Å². The van der Waals surface area contributed by atoms with Crippen molar-refractivity contribution in [1.82, 2.24) is 14.7 Å². The summed E-state index contributed by atoms with van der Waals surface area (Å²) < 4.78 is 80.7. The lowest BCUT2D eigenvalue weighted by Crippen LogP contribution is -2.50. The summed E-state index contributed by atoms with van der Waals surface area (Å²) in [7, 11) is 1.38. The quantitative estimate of drug-likeness (QED) is 0.331. The summed E-state index contributed by atoms with van der Waals surface area (Å²) in [5, 5.41) is 0. The molecule has 4 rings (SSSR count). The maximum absolute atomic E-state index is 13.9. The van der Waals surface area contributed by atoms with Gasteiger partial charge >= 0.3 is 12.4 Å². The van der Waals surface area contributed by atoms with Gasteiger partial charge in [0.05, 0.1) is 11.1 Å². The highest BCUT2D eigenvalue weighted by atomic mass is 19.4. The van der Waals surface area contributed by atoms with E-state index in [1.807, 2.05) is 38.1 Å². The molecule has 6 nitrogen and oxygen atoms in total. The van der Waals surface area contributed by atoms with Crippen molar-refractivity contribution in [2.45, 2.75) is 70.8 Å². The first-order valence-electron chi connectivity index (χ1n) is 15.1. The third-order valence-electron chi connectivity index (χ3n) is 8.99. The normalized spacial score (nSPS) is 20.0. The number of hydrogen-bond donors (Lipinski definition) is 0. The molecule has 0 aliphatic carbocycles. The predicted molar refractivity (Wildman–Crippen MR) is 156 cm³/mol. The van der Waals surface area contributed by atoms with E-state index in [0.717, 1.165) is 11.1 Å². The Hall–Kier alpha value is -3.57.